The van der Waals surface area contributed by atoms with Crippen molar-refractivity contribution in [1.29, 1.82) is 0 Å². The van der Waals surface area contributed by atoms with E-state index >= 15 is 0 Å². The molecule has 0 spiro atoms. The van der Waals surface area contributed by atoms with E-state index in [9.17, 15) is 13.2 Å². The van der Waals surface area contributed by atoms with Gasteiger partial charge in [0, 0.05) is 26.2 Å². The summed E-state index contributed by atoms with van der Waals surface area (Å²) in [4.78, 5) is 17.0. The van der Waals surface area contributed by atoms with Crippen molar-refractivity contribution in [2.24, 2.45) is 0 Å². The third-order valence-electron chi connectivity index (χ3n) is 6.13. The molecular formula is C23H29N3O3S. The second-order valence-electron chi connectivity index (χ2n) is 8.42. The molecule has 1 N–H and O–H groups in total. The van der Waals surface area contributed by atoms with Gasteiger partial charge in [0.2, 0.25) is 10.0 Å². The molecule has 1 fully saturated rings. The van der Waals surface area contributed by atoms with E-state index in [4.69, 9.17) is 0 Å². The summed E-state index contributed by atoms with van der Waals surface area (Å²) in [5.41, 5.74) is 4.68. The predicted molar refractivity (Wildman–Crippen MR) is 119 cm³/mol. The summed E-state index contributed by atoms with van der Waals surface area (Å²) in [6.07, 6.45) is 4.08. The Morgan fingerprint density at radius 1 is 1.07 bits per heavy atom. The summed E-state index contributed by atoms with van der Waals surface area (Å²) in [6.45, 7) is 1.26. The number of urea groups is 1. The van der Waals surface area contributed by atoms with Gasteiger partial charge in [0.05, 0.1) is 12.3 Å². The molecule has 2 aliphatic rings. The number of carbonyl (C=O) groups excluding carboxylic acids is 1. The first-order chi connectivity index (χ1) is 14.3. The fourth-order valence-corrected chi connectivity index (χ4v) is 5.51. The van der Waals surface area contributed by atoms with Crippen LogP contribution in [0.5, 0.6) is 0 Å². The number of benzene rings is 2. The highest BCUT2D eigenvalue weighted by Crippen LogP contribution is 2.29. The topological polar surface area (TPSA) is 69.7 Å². The van der Waals surface area contributed by atoms with Crippen LogP contribution in [0.2, 0.25) is 0 Å². The number of hydrogen-bond acceptors (Lipinski definition) is 3. The van der Waals surface area contributed by atoms with Gasteiger partial charge in [0.15, 0.2) is 0 Å². The molecular weight excluding hydrogens is 398 g/mol. The van der Waals surface area contributed by atoms with Crippen LogP contribution in [0.15, 0.2) is 48.5 Å². The van der Waals surface area contributed by atoms with Crippen molar-refractivity contribution in [2.45, 2.75) is 37.8 Å². The van der Waals surface area contributed by atoms with Crippen molar-refractivity contribution < 1.29 is 13.2 Å². The molecule has 160 valence electrons. The van der Waals surface area contributed by atoms with E-state index < -0.39 is 10.0 Å². The number of piperidine rings is 1. The van der Waals surface area contributed by atoms with Gasteiger partial charge in [-0.25, -0.2) is 17.9 Å². The maximum Gasteiger partial charge on any atom is 0.320 e. The van der Waals surface area contributed by atoms with Crippen LogP contribution in [0.3, 0.4) is 0 Å². The average molecular weight is 428 g/mol. The summed E-state index contributed by atoms with van der Waals surface area (Å²) >= 11 is 0. The summed E-state index contributed by atoms with van der Waals surface area (Å²) in [5.74, 6) is 0. The van der Waals surface area contributed by atoms with Crippen molar-refractivity contribution in [3.63, 3.8) is 0 Å². The minimum atomic E-state index is -3.37. The zero-order chi connectivity index (χ0) is 21.3. The molecule has 30 heavy (non-hydrogen) atoms. The Morgan fingerprint density at radius 2 is 1.87 bits per heavy atom. The summed E-state index contributed by atoms with van der Waals surface area (Å²) < 4.78 is 26.8. The highest BCUT2D eigenvalue weighted by Gasteiger charge is 2.37. The normalized spacial score (nSPS) is 22.5. The van der Waals surface area contributed by atoms with Crippen molar-refractivity contribution in [2.75, 3.05) is 26.4 Å². The number of amides is 2. The van der Waals surface area contributed by atoms with Gasteiger partial charge in [0.25, 0.3) is 0 Å². The lowest BCUT2D eigenvalue weighted by atomic mass is 9.89. The van der Waals surface area contributed by atoms with Gasteiger partial charge in [-0.1, -0.05) is 48.5 Å². The number of hydrogen-bond donors (Lipinski definition) is 1. The average Bonchev–Trinajstić information content (AvgIpc) is 2.71. The van der Waals surface area contributed by atoms with Gasteiger partial charge in [-0.3, -0.25) is 0 Å². The molecule has 0 saturated carbocycles. The molecule has 2 aliphatic heterocycles. The molecule has 2 aromatic carbocycles. The van der Waals surface area contributed by atoms with E-state index in [1.165, 1.54) is 17.4 Å². The van der Waals surface area contributed by atoms with Crippen molar-refractivity contribution in [1.82, 2.24) is 14.5 Å². The number of sulfonamides is 1. The van der Waals surface area contributed by atoms with Gasteiger partial charge >= 0.3 is 6.03 Å². The first kappa shape index (κ1) is 20.9. The van der Waals surface area contributed by atoms with Crippen molar-refractivity contribution in [3.05, 3.63) is 59.7 Å². The number of rotatable bonds is 2. The zero-order valence-corrected chi connectivity index (χ0v) is 18.4. The molecule has 2 bridgehead atoms. The lowest BCUT2D eigenvalue weighted by Gasteiger charge is -2.43. The Morgan fingerprint density at radius 3 is 2.67 bits per heavy atom. The first-order valence-corrected chi connectivity index (χ1v) is 12.4. The molecule has 4 rings (SSSR count). The molecule has 2 heterocycles. The van der Waals surface area contributed by atoms with Gasteiger partial charge in [-0.2, -0.15) is 0 Å². The predicted octanol–water partition coefficient (Wildman–Crippen LogP) is 2.89. The van der Waals surface area contributed by atoms with Crippen LogP contribution in [0.25, 0.3) is 11.1 Å². The van der Waals surface area contributed by atoms with Crippen LogP contribution >= 0.6 is 0 Å². The maximum atomic E-state index is 13.3. The molecule has 1 saturated heterocycles. The Bertz CT molecular complexity index is 1040. The minimum absolute atomic E-state index is 0.0331. The smallest absolute Gasteiger partial charge is 0.320 e. The zero-order valence-electron chi connectivity index (χ0n) is 17.5. The minimum Gasteiger partial charge on any atom is -0.327 e. The second-order valence-corrected chi connectivity index (χ2v) is 10.2. The molecule has 0 aliphatic carbocycles. The molecule has 6 nitrogen and oxygen atoms in total. The molecule has 2 atom stereocenters. The van der Waals surface area contributed by atoms with Crippen LogP contribution in [-0.4, -0.2) is 62.7 Å². The quantitative estimate of drug-likeness (QED) is 0.801. The lowest BCUT2D eigenvalue weighted by Crippen LogP contribution is -2.60. The Hall–Kier alpha value is -2.38. The fourth-order valence-electron chi connectivity index (χ4n) is 4.69. The lowest BCUT2D eigenvalue weighted by molar-refractivity contribution is 0.109. The number of fused-ring (bicyclic) bond motifs is 5. The third kappa shape index (κ3) is 4.52. The van der Waals surface area contributed by atoms with E-state index in [-0.39, 0.29) is 18.1 Å². The van der Waals surface area contributed by atoms with Crippen LogP contribution in [-0.2, 0) is 22.9 Å². The molecule has 2 aromatic rings. The maximum absolute atomic E-state index is 13.3. The number of nitrogens with zero attached hydrogens (tertiary/aromatic N) is 2. The van der Waals surface area contributed by atoms with E-state index in [0.717, 1.165) is 30.4 Å². The highest BCUT2D eigenvalue weighted by atomic mass is 32.2. The fraction of sp³-hybridized carbons (Fsp3) is 0.435. The van der Waals surface area contributed by atoms with Crippen molar-refractivity contribution >= 4 is 16.1 Å². The third-order valence-corrected chi connectivity index (χ3v) is 6.86. The van der Waals surface area contributed by atoms with Crippen LogP contribution < -0.4 is 4.72 Å². The van der Waals surface area contributed by atoms with E-state index in [1.54, 1.807) is 4.90 Å². The van der Waals surface area contributed by atoms with E-state index in [1.807, 2.05) is 30.1 Å². The van der Waals surface area contributed by atoms with Gasteiger partial charge in [-0.05, 0) is 47.9 Å². The molecule has 0 radical (unpaired) electrons. The Labute approximate surface area is 178 Å². The van der Waals surface area contributed by atoms with Gasteiger partial charge < -0.3 is 9.80 Å². The molecule has 2 amide bonds. The molecule has 2 unspecified atom stereocenters. The highest BCUT2D eigenvalue weighted by molar-refractivity contribution is 7.88. The standard InChI is InChI=1S/C23H29N3O3S/c1-25-14-12-18-8-3-4-10-20(18)19-9-5-7-17(15-19)16-22-21(24-30(2,28)29)11-6-13-26(22)23(25)27/h3-5,7-10,15,21-22,24H,6,11-14,16H2,1-2H3. The molecule has 0 aromatic heterocycles. The summed E-state index contributed by atoms with van der Waals surface area (Å²) in [7, 11) is -1.53. The van der Waals surface area contributed by atoms with E-state index in [2.05, 4.69) is 35.1 Å². The number of likely N-dealkylation sites (N-methyl/N-ethyl adjacent to an activating group) is 1. The van der Waals surface area contributed by atoms with Gasteiger partial charge in [-0.15, -0.1) is 0 Å². The Balaban J connectivity index is 1.78. The SMILES string of the molecule is CN1CCc2ccccc2-c2cccc(c2)CC2C(NS(C)(=O)=O)CCCN2C1=O. The van der Waals surface area contributed by atoms with Crippen molar-refractivity contribution in [3.8, 4) is 11.1 Å². The largest absolute Gasteiger partial charge is 0.327 e. The molecule has 7 heteroatoms. The summed E-state index contributed by atoms with van der Waals surface area (Å²) in [6, 6.07) is 16.2. The first-order valence-electron chi connectivity index (χ1n) is 10.5. The van der Waals surface area contributed by atoms with E-state index in [0.29, 0.717) is 19.5 Å². The number of nitrogens with one attached hydrogen (secondary N) is 1. The van der Waals surface area contributed by atoms with Crippen LogP contribution in [0.1, 0.15) is 24.0 Å². The summed E-state index contributed by atoms with van der Waals surface area (Å²) in [5, 5.41) is 0. The van der Waals surface area contributed by atoms with Crippen LogP contribution in [0.4, 0.5) is 4.79 Å². The number of carbonyl (C=O) groups is 1. The monoisotopic (exact) mass is 427 g/mol. The Kier molecular flexibility index (Phi) is 5.84. The van der Waals surface area contributed by atoms with Gasteiger partial charge in [0.1, 0.15) is 0 Å². The van der Waals surface area contributed by atoms with Crippen LogP contribution in [0, 0.1) is 0 Å². The second kappa shape index (κ2) is 8.40.